The monoisotopic (exact) mass is 260 g/mol. The fraction of sp³-hybridized carbons (Fsp3) is 0.0769. The zero-order valence-corrected chi connectivity index (χ0v) is 10.2. The third-order valence-corrected chi connectivity index (χ3v) is 3.08. The molecule has 1 aliphatic rings. The summed E-state index contributed by atoms with van der Waals surface area (Å²) in [5.74, 6) is 1.44. The van der Waals surface area contributed by atoms with Gasteiger partial charge in [0.05, 0.1) is 6.61 Å². The Bertz CT molecular complexity index is 571. The van der Waals surface area contributed by atoms with Gasteiger partial charge in [-0.25, -0.2) is 0 Å². The second-order valence-electron chi connectivity index (χ2n) is 4.08. The average molecular weight is 260 g/mol. The molecular weight excluding hydrogens is 250 g/mol. The molecule has 0 spiro atoms. The highest BCUT2D eigenvalue weighted by Crippen LogP contribution is 2.24. The summed E-state index contributed by atoms with van der Waals surface area (Å²) in [7, 11) is -0.815. The van der Waals surface area contributed by atoms with Crippen molar-refractivity contribution in [2.45, 2.75) is 6.61 Å². The summed E-state index contributed by atoms with van der Waals surface area (Å²) < 4.78 is 10.8. The first-order valence-electron chi connectivity index (χ1n) is 5.58. The standard InChI is InChI=1S/C13H10BClO3/c15-10-1-3-11(4-2-10)18-12-5-6-13-9(7-12)8-17-14(13)16/h1-7,16H,8H2. The maximum absolute atomic E-state index is 9.51. The molecule has 0 saturated carbocycles. The Labute approximate surface area is 110 Å². The summed E-state index contributed by atoms with van der Waals surface area (Å²) in [4.78, 5) is 0. The summed E-state index contributed by atoms with van der Waals surface area (Å²) in [6.07, 6.45) is 0. The normalized spacial score (nSPS) is 13.6. The minimum atomic E-state index is -0.815. The quantitative estimate of drug-likeness (QED) is 0.843. The van der Waals surface area contributed by atoms with Crippen molar-refractivity contribution in [1.82, 2.24) is 0 Å². The number of halogens is 1. The van der Waals surface area contributed by atoms with E-state index in [1.54, 1.807) is 24.3 Å². The summed E-state index contributed by atoms with van der Waals surface area (Å²) in [5, 5.41) is 10.2. The predicted octanol–water partition coefficient (Wildman–Crippen LogP) is 2.35. The van der Waals surface area contributed by atoms with Crippen molar-refractivity contribution in [3.63, 3.8) is 0 Å². The van der Waals surface area contributed by atoms with Crippen LogP contribution in [-0.2, 0) is 11.3 Å². The summed E-state index contributed by atoms with van der Waals surface area (Å²) in [6.45, 7) is 0.411. The van der Waals surface area contributed by atoms with Crippen LogP contribution < -0.4 is 10.2 Å². The van der Waals surface area contributed by atoms with E-state index >= 15 is 0 Å². The molecule has 2 aromatic carbocycles. The average Bonchev–Trinajstić information content (AvgIpc) is 2.74. The number of hydrogen-bond donors (Lipinski definition) is 1. The van der Waals surface area contributed by atoms with Gasteiger partial charge in [0, 0.05) is 5.02 Å². The van der Waals surface area contributed by atoms with Crippen LogP contribution in [0.5, 0.6) is 11.5 Å². The molecule has 0 unspecified atom stereocenters. The van der Waals surface area contributed by atoms with Crippen LogP contribution in [0.2, 0.25) is 5.02 Å². The van der Waals surface area contributed by atoms with E-state index in [0.717, 1.165) is 16.8 Å². The van der Waals surface area contributed by atoms with Crippen molar-refractivity contribution in [3.05, 3.63) is 53.1 Å². The van der Waals surface area contributed by atoms with Crippen LogP contribution in [0.1, 0.15) is 5.56 Å². The molecule has 1 heterocycles. The first-order valence-corrected chi connectivity index (χ1v) is 5.96. The van der Waals surface area contributed by atoms with E-state index in [-0.39, 0.29) is 0 Å². The largest absolute Gasteiger partial charge is 0.491 e. The highest BCUT2D eigenvalue weighted by molar-refractivity contribution is 6.61. The molecule has 1 aliphatic heterocycles. The van der Waals surface area contributed by atoms with Gasteiger partial charge in [0.15, 0.2) is 0 Å². The van der Waals surface area contributed by atoms with E-state index in [1.807, 2.05) is 18.2 Å². The molecule has 0 fully saturated rings. The van der Waals surface area contributed by atoms with Crippen LogP contribution >= 0.6 is 11.6 Å². The first-order chi connectivity index (χ1) is 8.72. The van der Waals surface area contributed by atoms with E-state index in [2.05, 4.69) is 0 Å². The van der Waals surface area contributed by atoms with E-state index in [1.165, 1.54) is 0 Å². The SMILES string of the molecule is OB1OCc2cc(Oc3ccc(Cl)cc3)ccc21. The third kappa shape index (κ3) is 2.23. The van der Waals surface area contributed by atoms with E-state index in [0.29, 0.717) is 17.4 Å². The second-order valence-corrected chi connectivity index (χ2v) is 4.52. The highest BCUT2D eigenvalue weighted by atomic mass is 35.5. The maximum atomic E-state index is 9.51. The zero-order valence-electron chi connectivity index (χ0n) is 9.47. The summed E-state index contributed by atoms with van der Waals surface area (Å²) in [5.41, 5.74) is 1.76. The van der Waals surface area contributed by atoms with Crippen molar-refractivity contribution in [1.29, 1.82) is 0 Å². The molecule has 0 bridgehead atoms. The Kier molecular flexibility index (Phi) is 3.00. The van der Waals surface area contributed by atoms with E-state index in [4.69, 9.17) is 21.0 Å². The molecule has 5 heteroatoms. The van der Waals surface area contributed by atoms with E-state index < -0.39 is 7.12 Å². The number of hydrogen-bond acceptors (Lipinski definition) is 3. The van der Waals surface area contributed by atoms with Crippen molar-refractivity contribution in [3.8, 4) is 11.5 Å². The lowest BCUT2D eigenvalue weighted by atomic mass is 9.80. The third-order valence-electron chi connectivity index (χ3n) is 2.83. The van der Waals surface area contributed by atoms with Crippen molar-refractivity contribution < 1.29 is 14.4 Å². The van der Waals surface area contributed by atoms with Gasteiger partial charge in [-0.3, -0.25) is 0 Å². The summed E-state index contributed by atoms with van der Waals surface area (Å²) in [6, 6.07) is 12.7. The van der Waals surface area contributed by atoms with Gasteiger partial charge in [0.25, 0.3) is 0 Å². The molecule has 0 amide bonds. The Balaban J connectivity index is 1.84. The minimum Gasteiger partial charge on any atom is -0.457 e. The second kappa shape index (κ2) is 4.65. The molecule has 18 heavy (non-hydrogen) atoms. The van der Waals surface area contributed by atoms with Crippen LogP contribution in [0.4, 0.5) is 0 Å². The van der Waals surface area contributed by atoms with Crippen LogP contribution in [0, 0.1) is 0 Å². The Hall–Kier alpha value is -1.49. The van der Waals surface area contributed by atoms with E-state index in [9.17, 15) is 5.02 Å². The molecule has 1 N–H and O–H groups in total. The molecule has 0 aromatic heterocycles. The number of fused-ring (bicyclic) bond motifs is 1. The van der Waals surface area contributed by atoms with Crippen molar-refractivity contribution in [2.75, 3.05) is 0 Å². The lowest BCUT2D eigenvalue weighted by Crippen LogP contribution is -2.27. The molecule has 0 aliphatic carbocycles. The van der Waals surface area contributed by atoms with Gasteiger partial charge in [-0.1, -0.05) is 17.7 Å². The Morgan fingerprint density at radius 2 is 1.83 bits per heavy atom. The molecule has 3 nitrogen and oxygen atoms in total. The van der Waals surface area contributed by atoms with Gasteiger partial charge in [0.2, 0.25) is 0 Å². The fourth-order valence-electron chi connectivity index (χ4n) is 1.91. The van der Waals surface area contributed by atoms with Gasteiger partial charge in [-0.05, 0) is 47.4 Å². The van der Waals surface area contributed by atoms with Crippen molar-refractivity contribution >= 4 is 24.2 Å². The van der Waals surface area contributed by atoms with Gasteiger partial charge >= 0.3 is 7.12 Å². The molecule has 0 atom stereocenters. The smallest absolute Gasteiger partial charge is 0.457 e. The number of benzene rings is 2. The predicted molar refractivity (Wildman–Crippen MR) is 70.4 cm³/mol. The number of rotatable bonds is 2. The van der Waals surface area contributed by atoms with Crippen LogP contribution in [0.25, 0.3) is 0 Å². The molecular formula is C13H10BClO3. The lowest BCUT2D eigenvalue weighted by Gasteiger charge is -2.07. The van der Waals surface area contributed by atoms with Gasteiger partial charge in [-0.2, -0.15) is 0 Å². The molecule has 2 aromatic rings. The molecule has 0 radical (unpaired) electrons. The number of ether oxygens (including phenoxy) is 1. The lowest BCUT2D eigenvalue weighted by molar-refractivity contribution is 0.275. The molecule has 90 valence electrons. The molecule has 3 rings (SSSR count). The topological polar surface area (TPSA) is 38.7 Å². The fourth-order valence-corrected chi connectivity index (χ4v) is 2.03. The van der Waals surface area contributed by atoms with Crippen LogP contribution in [0.15, 0.2) is 42.5 Å². The van der Waals surface area contributed by atoms with Gasteiger partial charge < -0.3 is 14.4 Å². The first kappa shape index (κ1) is 11.6. The summed E-state index contributed by atoms with van der Waals surface area (Å²) >= 11 is 5.81. The maximum Gasteiger partial charge on any atom is 0.491 e. The zero-order chi connectivity index (χ0) is 12.5. The molecule has 0 saturated heterocycles. The minimum absolute atomic E-state index is 0.411. The van der Waals surface area contributed by atoms with Gasteiger partial charge in [0.1, 0.15) is 11.5 Å². The van der Waals surface area contributed by atoms with Gasteiger partial charge in [-0.15, -0.1) is 0 Å². The Morgan fingerprint density at radius 1 is 1.11 bits per heavy atom. The van der Waals surface area contributed by atoms with Crippen molar-refractivity contribution in [2.24, 2.45) is 0 Å². The van der Waals surface area contributed by atoms with Crippen LogP contribution in [-0.4, -0.2) is 12.1 Å². The highest BCUT2D eigenvalue weighted by Gasteiger charge is 2.27. The Morgan fingerprint density at radius 3 is 2.61 bits per heavy atom. The van der Waals surface area contributed by atoms with Crippen LogP contribution in [0.3, 0.4) is 0 Å².